The Bertz CT molecular complexity index is 1150. The second kappa shape index (κ2) is 8.18. The standard InChI is InChI=1S/C25H26N2O5S/c1-2-11-26(17-8-7-15-5-3-4-6-16(15)14-17)23(30)21-25-10-9-18(33-25)19(24(31)32)20(25)22(29)27(21)12-13-28/h2-8,14,18-21,28H,1,9-13H2,(H,31,32)/t18-,19+,20-,21?,25?/m0/s1. The van der Waals surface area contributed by atoms with Gasteiger partial charge in [0.1, 0.15) is 6.04 Å². The van der Waals surface area contributed by atoms with Gasteiger partial charge in [-0.3, -0.25) is 14.4 Å². The average Bonchev–Trinajstić information content (AvgIpc) is 3.45. The van der Waals surface area contributed by atoms with Gasteiger partial charge in [0.05, 0.1) is 23.2 Å². The second-order valence-corrected chi connectivity index (χ2v) is 10.5. The van der Waals surface area contributed by atoms with Crippen LogP contribution in [0.15, 0.2) is 55.1 Å². The highest BCUT2D eigenvalue weighted by Crippen LogP contribution is 2.66. The summed E-state index contributed by atoms with van der Waals surface area (Å²) in [7, 11) is 0. The zero-order valence-electron chi connectivity index (χ0n) is 18.1. The summed E-state index contributed by atoms with van der Waals surface area (Å²) in [5.74, 6) is -3.12. The van der Waals surface area contributed by atoms with Gasteiger partial charge in [0.2, 0.25) is 5.91 Å². The molecule has 5 atom stereocenters. The van der Waals surface area contributed by atoms with E-state index in [1.807, 2.05) is 42.5 Å². The van der Waals surface area contributed by atoms with Gasteiger partial charge in [0, 0.05) is 24.0 Å². The van der Waals surface area contributed by atoms with Crippen LogP contribution in [0.2, 0.25) is 0 Å². The molecule has 3 aliphatic heterocycles. The van der Waals surface area contributed by atoms with Crippen molar-refractivity contribution in [3.63, 3.8) is 0 Å². The number of aliphatic carboxylic acids is 1. The Morgan fingerprint density at radius 3 is 2.70 bits per heavy atom. The van der Waals surface area contributed by atoms with E-state index in [1.54, 1.807) is 11.0 Å². The molecular weight excluding hydrogens is 440 g/mol. The topological polar surface area (TPSA) is 98.2 Å². The fourth-order valence-corrected chi connectivity index (χ4v) is 8.21. The molecule has 3 fully saturated rings. The zero-order valence-corrected chi connectivity index (χ0v) is 18.9. The molecule has 2 aromatic carbocycles. The van der Waals surface area contributed by atoms with E-state index in [4.69, 9.17) is 0 Å². The fourth-order valence-electron chi connectivity index (χ4n) is 6.01. The smallest absolute Gasteiger partial charge is 0.308 e. The van der Waals surface area contributed by atoms with Crippen molar-refractivity contribution >= 4 is 46.0 Å². The first-order chi connectivity index (χ1) is 15.9. The van der Waals surface area contributed by atoms with Gasteiger partial charge in [0.25, 0.3) is 5.91 Å². The van der Waals surface area contributed by atoms with Gasteiger partial charge in [-0.2, -0.15) is 0 Å². The molecule has 2 unspecified atom stereocenters. The summed E-state index contributed by atoms with van der Waals surface area (Å²) in [6.45, 7) is 3.79. The van der Waals surface area contributed by atoms with Crippen molar-refractivity contribution in [3.05, 3.63) is 55.1 Å². The molecule has 2 N–H and O–H groups in total. The molecule has 0 radical (unpaired) electrons. The van der Waals surface area contributed by atoms with Crippen molar-refractivity contribution in [2.75, 3.05) is 24.6 Å². The number of carboxylic acids is 1. The first-order valence-corrected chi connectivity index (χ1v) is 12.0. The van der Waals surface area contributed by atoms with E-state index in [0.29, 0.717) is 18.5 Å². The lowest BCUT2D eigenvalue weighted by atomic mass is 9.71. The quantitative estimate of drug-likeness (QED) is 0.609. The second-order valence-electron chi connectivity index (χ2n) is 8.92. The molecule has 0 aromatic heterocycles. The van der Waals surface area contributed by atoms with Gasteiger partial charge >= 0.3 is 5.97 Å². The highest BCUT2D eigenvalue weighted by Gasteiger charge is 2.74. The van der Waals surface area contributed by atoms with E-state index >= 15 is 0 Å². The third-order valence-corrected chi connectivity index (χ3v) is 9.23. The fraction of sp³-hybridized carbons (Fsp3) is 0.400. The van der Waals surface area contributed by atoms with Crippen molar-refractivity contribution in [2.45, 2.75) is 28.9 Å². The number of fused-ring (bicyclic) bond motifs is 2. The number of nitrogens with zero attached hydrogens (tertiary/aromatic N) is 2. The lowest BCUT2D eigenvalue weighted by molar-refractivity contribution is -0.148. The third-order valence-electron chi connectivity index (χ3n) is 7.28. The number of hydrogen-bond acceptors (Lipinski definition) is 5. The van der Waals surface area contributed by atoms with E-state index in [9.17, 15) is 24.6 Å². The molecule has 0 aliphatic carbocycles. The van der Waals surface area contributed by atoms with Crippen LogP contribution in [-0.2, 0) is 14.4 Å². The predicted octanol–water partition coefficient (Wildman–Crippen LogP) is 2.53. The number of likely N-dealkylation sites (tertiary alicyclic amines) is 1. The van der Waals surface area contributed by atoms with Gasteiger partial charge in [-0.25, -0.2) is 0 Å². The summed E-state index contributed by atoms with van der Waals surface area (Å²) in [6.07, 6.45) is 2.93. The number of carbonyl (C=O) groups is 3. The zero-order chi connectivity index (χ0) is 23.3. The average molecular weight is 467 g/mol. The summed E-state index contributed by atoms with van der Waals surface area (Å²) < 4.78 is -0.784. The van der Waals surface area contributed by atoms with Gasteiger partial charge in [0.15, 0.2) is 0 Å². The van der Waals surface area contributed by atoms with Gasteiger partial charge < -0.3 is 20.0 Å². The van der Waals surface area contributed by atoms with Crippen molar-refractivity contribution in [1.82, 2.24) is 4.90 Å². The lowest BCUT2D eigenvalue weighted by Gasteiger charge is -2.37. The Morgan fingerprint density at radius 1 is 1.24 bits per heavy atom. The molecule has 172 valence electrons. The summed E-state index contributed by atoms with van der Waals surface area (Å²) in [4.78, 5) is 42.7. The van der Waals surface area contributed by atoms with Crippen LogP contribution in [0.3, 0.4) is 0 Å². The number of carbonyl (C=O) groups excluding carboxylic acids is 2. The maximum atomic E-state index is 14.1. The summed E-state index contributed by atoms with van der Waals surface area (Å²) in [5.41, 5.74) is 0.696. The van der Waals surface area contributed by atoms with E-state index in [2.05, 4.69) is 6.58 Å². The van der Waals surface area contributed by atoms with Crippen molar-refractivity contribution < 1.29 is 24.6 Å². The van der Waals surface area contributed by atoms with Gasteiger partial charge in [-0.15, -0.1) is 18.3 Å². The van der Waals surface area contributed by atoms with E-state index in [1.165, 1.54) is 16.7 Å². The number of aliphatic hydroxyl groups excluding tert-OH is 1. The number of hydrogen-bond donors (Lipinski definition) is 2. The van der Waals surface area contributed by atoms with Crippen molar-refractivity contribution in [2.24, 2.45) is 11.8 Å². The first kappa shape index (κ1) is 22.0. The Balaban J connectivity index is 1.58. The summed E-state index contributed by atoms with van der Waals surface area (Å²) in [6, 6.07) is 12.8. The summed E-state index contributed by atoms with van der Waals surface area (Å²) >= 11 is 1.49. The molecule has 3 saturated heterocycles. The SMILES string of the molecule is C=CCN(C(=O)C1N(CCO)C(=O)[C@@H]2[C@H](C(=O)O)[C@@H]3CCC12S3)c1ccc2ccccc2c1. The van der Waals surface area contributed by atoms with Crippen molar-refractivity contribution in [1.29, 1.82) is 0 Å². The molecule has 2 bridgehead atoms. The largest absolute Gasteiger partial charge is 0.481 e. The highest BCUT2D eigenvalue weighted by molar-refractivity contribution is 8.02. The molecule has 2 aromatic rings. The number of carboxylic acid groups (broad SMARTS) is 1. The van der Waals surface area contributed by atoms with Crippen LogP contribution in [0.25, 0.3) is 10.8 Å². The molecule has 1 spiro atoms. The van der Waals surface area contributed by atoms with Gasteiger partial charge in [-0.1, -0.05) is 36.4 Å². The number of aliphatic hydroxyl groups is 1. The third kappa shape index (κ3) is 3.19. The number of thioether (sulfide) groups is 1. The molecule has 3 heterocycles. The van der Waals surface area contributed by atoms with E-state index < -0.39 is 28.6 Å². The minimum absolute atomic E-state index is 0.00467. The normalized spacial score (nSPS) is 30.0. The van der Waals surface area contributed by atoms with Crippen LogP contribution >= 0.6 is 11.8 Å². The predicted molar refractivity (Wildman–Crippen MR) is 127 cm³/mol. The monoisotopic (exact) mass is 466 g/mol. The first-order valence-electron chi connectivity index (χ1n) is 11.2. The number of anilines is 1. The van der Waals surface area contributed by atoms with Crippen LogP contribution < -0.4 is 4.90 Å². The maximum absolute atomic E-state index is 14.1. The number of benzene rings is 2. The molecule has 7 nitrogen and oxygen atoms in total. The van der Waals surface area contributed by atoms with Crippen LogP contribution in [0, 0.1) is 11.8 Å². The Morgan fingerprint density at radius 2 is 2.00 bits per heavy atom. The molecule has 5 rings (SSSR count). The molecular formula is C25H26N2O5S. The molecule has 0 saturated carbocycles. The van der Waals surface area contributed by atoms with Gasteiger partial charge in [-0.05, 0) is 35.7 Å². The minimum atomic E-state index is -0.984. The number of amides is 2. The molecule has 8 heteroatoms. The number of rotatable bonds is 7. The Kier molecular flexibility index (Phi) is 5.45. The summed E-state index contributed by atoms with van der Waals surface area (Å²) in [5, 5.41) is 21.4. The molecule has 3 aliphatic rings. The number of β-amino-alcohol motifs (C(OH)–C–C–N with tert-alkyl or cyclic N) is 1. The Labute approximate surface area is 196 Å². The van der Waals surface area contributed by atoms with Crippen LogP contribution in [0.1, 0.15) is 12.8 Å². The molecule has 2 amide bonds. The minimum Gasteiger partial charge on any atom is -0.481 e. The highest BCUT2D eigenvalue weighted by atomic mass is 32.2. The van der Waals surface area contributed by atoms with E-state index in [-0.39, 0.29) is 36.8 Å². The van der Waals surface area contributed by atoms with Crippen LogP contribution in [0.5, 0.6) is 0 Å². The Hall–Kier alpha value is -2.84. The van der Waals surface area contributed by atoms with Crippen LogP contribution in [0.4, 0.5) is 5.69 Å². The van der Waals surface area contributed by atoms with Crippen LogP contribution in [-0.4, -0.2) is 68.6 Å². The van der Waals surface area contributed by atoms with E-state index in [0.717, 1.165) is 10.8 Å². The lowest BCUT2D eigenvalue weighted by Crippen LogP contribution is -2.55. The maximum Gasteiger partial charge on any atom is 0.308 e. The molecule has 33 heavy (non-hydrogen) atoms. The van der Waals surface area contributed by atoms with Crippen molar-refractivity contribution in [3.8, 4) is 0 Å².